The molecule has 0 aromatic heterocycles. The van der Waals surface area contributed by atoms with E-state index in [2.05, 4.69) is 0 Å². The normalized spacial score (nSPS) is 18.2. The number of halogens is 5. The van der Waals surface area contributed by atoms with Crippen LogP contribution in [-0.4, -0.2) is 5.78 Å². The first kappa shape index (κ1) is 22.0. The van der Waals surface area contributed by atoms with Crippen molar-refractivity contribution >= 4 is 11.5 Å². The van der Waals surface area contributed by atoms with E-state index in [9.17, 15) is 37.3 Å². The van der Waals surface area contributed by atoms with Gasteiger partial charge in [0.1, 0.15) is 11.9 Å². The second-order valence-corrected chi connectivity index (χ2v) is 7.43. The molecule has 0 unspecified atom stereocenters. The van der Waals surface area contributed by atoms with E-state index in [1.165, 1.54) is 17.0 Å². The molecule has 2 N–H and O–H groups in total. The van der Waals surface area contributed by atoms with Crippen LogP contribution in [0.2, 0.25) is 0 Å². The number of hydrogen-bond acceptors (Lipinski definition) is 5. The number of carbonyl (C=O) groups excluding carboxylic acids is 1. The Morgan fingerprint density at radius 2 is 1.52 bits per heavy atom. The first-order valence-corrected chi connectivity index (χ1v) is 9.71. The van der Waals surface area contributed by atoms with E-state index in [0.29, 0.717) is 6.42 Å². The molecule has 4 rings (SSSR count). The molecule has 2 aliphatic rings. The number of nitriles is 2. The first-order chi connectivity index (χ1) is 15.7. The summed E-state index contributed by atoms with van der Waals surface area (Å²) in [6.45, 7) is 0. The topological polar surface area (TPSA) is 93.9 Å². The van der Waals surface area contributed by atoms with Crippen molar-refractivity contribution in [2.24, 2.45) is 5.73 Å². The first-order valence-electron chi connectivity index (χ1n) is 9.71. The van der Waals surface area contributed by atoms with E-state index in [1.54, 1.807) is 18.2 Å². The highest BCUT2D eigenvalue weighted by Crippen LogP contribution is 2.48. The van der Waals surface area contributed by atoms with E-state index in [4.69, 9.17) is 5.73 Å². The minimum absolute atomic E-state index is 0.0585. The van der Waals surface area contributed by atoms with Crippen molar-refractivity contribution in [1.29, 1.82) is 10.5 Å². The van der Waals surface area contributed by atoms with Crippen LogP contribution < -0.4 is 10.6 Å². The number of hydrogen-bond donors (Lipinski definition) is 1. The Morgan fingerprint density at radius 1 is 0.909 bits per heavy atom. The van der Waals surface area contributed by atoms with Crippen molar-refractivity contribution < 1.29 is 26.7 Å². The minimum Gasteiger partial charge on any atom is -0.384 e. The predicted octanol–water partition coefficient (Wildman–Crippen LogP) is 4.56. The molecule has 1 aliphatic carbocycles. The van der Waals surface area contributed by atoms with Crippen LogP contribution in [0.15, 0.2) is 46.9 Å². The monoisotopic (exact) mass is 456 g/mol. The number of Topliss-reactive ketones (excluding diaryl/α,β-unsaturated/α-hetero) is 1. The fourth-order valence-corrected chi connectivity index (χ4v) is 4.29. The Hall–Kier alpha value is -4.18. The van der Waals surface area contributed by atoms with Crippen molar-refractivity contribution in [2.45, 2.75) is 25.2 Å². The fourth-order valence-electron chi connectivity index (χ4n) is 4.29. The molecular weight excluding hydrogens is 443 g/mol. The molecule has 0 fully saturated rings. The summed E-state index contributed by atoms with van der Waals surface area (Å²) in [6.07, 6.45) is 0.422. The molecule has 166 valence electrons. The maximum atomic E-state index is 14.8. The third kappa shape index (κ3) is 3.14. The number of ketones is 1. The fraction of sp³-hybridized carbons (Fsp3) is 0.174. The van der Waals surface area contributed by atoms with Crippen molar-refractivity contribution in [2.75, 3.05) is 4.90 Å². The Morgan fingerprint density at radius 3 is 2.12 bits per heavy atom. The number of rotatable bonds is 2. The van der Waals surface area contributed by atoms with Crippen LogP contribution in [-0.2, 0) is 4.79 Å². The Kier molecular flexibility index (Phi) is 5.38. The summed E-state index contributed by atoms with van der Waals surface area (Å²) in [5.74, 6) is -13.9. The molecule has 10 heteroatoms. The second kappa shape index (κ2) is 8.06. The Labute approximate surface area is 184 Å². The van der Waals surface area contributed by atoms with E-state index in [1.807, 2.05) is 6.07 Å². The molecule has 0 bridgehead atoms. The molecule has 0 saturated heterocycles. The van der Waals surface area contributed by atoms with Gasteiger partial charge in [-0.15, -0.1) is 0 Å². The average Bonchev–Trinajstić information content (AvgIpc) is 2.82. The maximum Gasteiger partial charge on any atom is 0.200 e. The highest BCUT2D eigenvalue weighted by atomic mass is 19.2. The number of nitrogens with two attached hydrogens (primary N) is 1. The molecule has 0 amide bonds. The van der Waals surface area contributed by atoms with Crippen LogP contribution in [0.25, 0.3) is 0 Å². The highest BCUT2D eigenvalue weighted by molar-refractivity contribution is 6.01. The zero-order valence-electron chi connectivity index (χ0n) is 16.7. The van der Waals surface area contributed by atoms with Crippen LogP contribution in [0, 0.1) is 51.7 Å². The molecule has 33 heavy (non-hydrogen) atoms. The number of nitrogens with zero attached hydrogens (tertiary/aromatic N) is 3. The summed E-state index contributed by atoms with van der Waals surface area (Å²) in [7, 11) is 0. The summed E-state index contributed by atoms with van der Waals surface area (Å²) < 4.78 is 71.2. The molecule has 0 spiro atoms. The molecule has 0 saturated carbocycles. The van der Waals surface area contributed by atoms with Crippen LogP contribution in [0.5, 0.6) is 0 Å². The molecule has 2 aromatic carbocycles. The Balaban J connectivity index is 2.10. The zero-order valence-corrected chi connectivity index (χ0v) is 16.7. The van der Waals surface area contributed by atoms with E-state index in [0.717, 1.165) is 0 Å². The third-order valence-electron chi connectivity index (χ3n) is 5.71. The number of anilines is 1. The van der Waals surface area contributed by atoms with E-state index < -0.39 is 51.9 Å². The van der Waals surface area contributed by atoms with Gasteiger partial charge in [0.25, 0.3) is 0 Å². The van der Waals surface area contributed by atoms with E-state index >= 15 is 0 Å². The van der Waals surface area contributed by atoms with Crippen LogP contribution in [0.1, 0.15) is 36.3 Å². The number of para-hydroxylation sites is 1. The molecule has 1 heterocycles. The lowest BCUT2D eigenvalue weighted by atomic mass is 9.75. The lowest BCUT2D eigenvalue weighted by molar-refractivity contribution is -0.116. The molecule has 2 aromatic rings. The Bertz CT molecular complexity index is 1340. The van der Waals surface area contributed by atoms with Gasteiger partial charge in [-0.3, -0.25) is 9.69 Å². The quantitative estimate of drug-likeness (QED) is 0.406. The van der Waals surface area contributed by atoms with Gasteiger partial charge >= 0.3 is 0 Å². The largest absolute Gasteiger partial charge is 0.384 e. The predicted molar refractivity (Wildman–Crippen MR) is 105 cm³/mol. The molecule has 1 aliphatic heterocycles. The van der Waals surface area contributed by atoms with Crippen molar-refractivity contribution in [3.05, 3.63) is 87.1 Å². The SMILES string of the molecule is N#CC1=C(N)N(c2ccccc2C#N)C2=C(C(=O)CCC2)[C@@H]1c1c(F)c(F)c(F)c(F)c1F. The smallest absolute Gasteiger partial charge is 0.200 e. The minimum atomic E-state index is -2.35. The van der Waals surface area contributed by atoms with Crippen molar-refractivity contribution in [3.63, 3.8) is 0 Å². The lowest BCUT2D eigenvalue weighted by Crippen LogP contribution is -2.39. The van der Waals surface area contributed by atoms with Gasteiger partial charge < -0.3 is 5.73 Å². The number of carbonyl (C=O) groups is 1. The van der Waals surface area contributed by atoms with Gasteiger partial charge in [-0.25, -0.2) is 22.0 Å². The van der Waals surface area contributed by atoms with Crippen molar-refractivity contribution in [1.82, 2.24) is 0 Å². The van der Waals surface area contributed by atoms with Crippen LogP contribution in [0.4, 0.5) is 27.6 Å². The van der Waals surface area contributed by atoms with Gasteiger partial charge in [0, 0.05) is 23.3 Å². The second-order valence-electron chi connectivity index (χ2n) is 7.43. The number of allylic oxidation sites excluding steroid dienone is 3. The van der Waals surface area contributed by atoms with Gasteiger partial charge in [-0.05, 0) is 25.0 Å². The van der Waals surface area contributed by atoms with Gasteiger partial charge in [-0.2, -0.15) is 10.5 Å². The summed E-state index contributed by atoms with van der Waals surface area (Å²) in [6, 6.07) is 9.77. The standard InChI is InChI=1S/C23H13F5N4O/c24-18-17(19(25)21(27)22(28)20(18)26)15-11(9-30)23(31)32(12-5-2-1-4-10(12)8-29)13-6-3-7-14(33)16(13)15/h1-2,4-5,15H,3,6-7,31H2/t15-/m1/s1. The van der Waals surface area contributed by atoms with Gasteiger partial charge in [-0.1, -0.05) is 12.1 Å². The van der Waals surface area contributed by atoms with Crippen LogP contribution in [0.3, 0.4) is 0 Å². The lowest BCUT2D eigenvalue weighted by Gasteiger charge is -2.40. The third-order valence-corrected chi connectivity index (χ3v) is 5.71. The van der Waals surface area contributed by atoms with E-state index in [-0.39, 0.29) is 41.2 Å². The number of benzene rings is 2. The average molecular weight is 456 g/mol. The summed E-state index contributed by atoms with van der Waals surface area (Å²) in [5.41, 5.74) is 4.51. The van der Waals surface area contributed by atoms with Gasteiger partial charge in [0.05, 0.1) is 28.8 Å². The summed E-state index contributed by atoms with van der Waals surface area (Å²) in [4.78, 5) is 14.2. The summed E-state index contributed by atoms with van der Waals surface area (Å²) in [5, 5.41) is 19.3. The van der Waals surface area contributed by atoms with Crippen molar-refractivity contribution in [3.8, 4) is 12.1 Å². The molecule has 0 radical (unpaired) electrons. The summed E-state index contributed by atoms with van der Waals surface area (Å²) >= 11 is 0. The molecule has 5 nitrogen and oxygen atoms in total. The van der Waals surface area contributed by atoms with Gasteiger partial charge in [0.15, 0.2) is 29.1 Å². The molecule has 1 atom stereocenters. The highest BCUT2D eigenvalue weighted by Gasteiger charge is 2.44. The van der Waals surface area contributed by atoms with Gasteiger partial charge in [0.2, 0.25) is 5.82 Å². The zero-order chi connectivity index (χ0) is 24.0. The van der Waals surface area contributed by atoms with Crippen LogP contribution >= 0.6 is 0 Å². The molecular formula is C23H13F5N4O. The maximum absolute atomic E-state index is 14.8.